The number of benzene rings is 1. The molecule has 0 bridgehead atoms. The molecule has 3 rings (SSSR count). The SMILES string of the molecule is CC(C)Oc1cccc(/C=C/C(=O)N2CCCC(c3n[nH]c(=S)n3C)C2)c1. The molecule has 1 atom stereocenters. The van der Waals surface area contributed by atoms with E-state index in [-0.39, 0.29) is 17.9 Å². The van der Waals surface area contributed by atoms with Crippen molar-refractivity contribution in [1.82, 2.24) is 19.7 Å². The molecule has 1 aliphatic rings. The summed E-state index contributed by atoms with van der Waals surface area (Å²) in [6.45, 7) is 5.42. The number of hydrogen-bond donors (Lipinski definition) is 1. The van der Waals surface area contributed by atoms with Gasteiger partial charge in [-0.05, 0) is 62.7 Å². The van der Waals surface area contributed by atoms with E-state index >= 15 is 0 Å². The van der Waals surface area contributed by atoms with Crippen molar-refractivity contribution >= 4 is 24.2 Å². The second kappa shape index (κ2) is 8.52. The predicted molar refractivity (Wildman–Crippen MR) is 108 cm³/mol. The van der Waals surface area contributed by atoms with Crippen LogP contribution in [-0.4, -0.2) is 44.8 Å². The summed E-state index contributed by atoms with van der Waals surface area (Å²) in [4.78, 5) is 14.5. The largest absolute Gasteiger partial charge is 0.491 e. The minimum Gasteiger partial charge on any atom is -0.491 e. The maximum Gasteiger partial charge on any atom is 0.246 e. The third-order valence-electron chi connectivity index (χ3n) is 4.66. The van der Waals surface area contributed by atoms with E-state index in [1.165, 1.54) is 0 Å². The van der Waals surface area contributed by atoms with Crippen LogP contribution < -0.4 is 4.74 Å². The van der Waals surface area contributed by atoms with Crippen LogP contribution in [0.25, 0.3) is 6.08 Å². The zero-order chi connectivity index (χ0) is 19.4. The molecule has 144 valence electrons. The molecule has 1 amide bonds. The normalized spacial score (nSPS) is 17.6. The maximum absolute atomic E-state index is 12.7. The van der Waals surface area contributed by atoms with E-state index in [4.69, 9.17) is 17.0 Å². The maximum atomic E-state index is 12.7. The van der Waals surface area contributed by atoms with E-state index in [0.29, 0.717) is 11.3 Å². The van der Waals surface area contributed by atoms with Crippen molar-refractivity contribution in [1.29, 1.82) is 0 Å². The van der Waals surface area contributed by atoms with Crippen molar-refractivity contribution in [3.8, 4) is 5.75 Å². The summed E-state index contributed by atoms with van der Waals surface area (Å²) in [5, 5.41) is 7.17. The molecule has 0 saturated carbocycles. The number of likely N-dealkylation sites (tertiary alicyclic amines) is 1. The van der Waals surface area contributed by atoms with Crippen molar-refractivity contribution in [2.45, 2.75) is 38.7 Å². The van der Waals surface area contributed by atoms with Crippen LogP contribution in [0.15, 0.2) is 30.3 Å². The summed E-state index contributed by atoms with van der Waals surface area (Å²) in [6, 6.07) is 7.76. The van der Waals surface area contributed by atoms with E-state index in [0.717, 1.165) is 36.5 Å². The quantitative estimate of drug-likeness (QED) is 0.629. The first kappa shape index (κ1) is 19.4. The molecule has 1 fully saturated rings. The van der Waals surface area contributed by atoms with Gasteiger partial charge in [0.15, 0.2) is 4.77 Å². The van der Waals surface area contributed by atoms with Crippen molar-refractivity contribution in [2.24, 2.45) is 7.05 Å². The molecule has 2 heterocycles. The molecule has 2 aromatic rings. The third kappa shape index (κ3) is 4.86. The van der Waals surface area contributed by atoms with Gasteiger partial charge in [-0.1, -0.05) is 12.1 Å². The highest BCUT2D eigenvalue weighted by Crippen LogP contribution is 2.25. The van der Waals surface area contributed by atoms with Gasteiger partial charge in [0.2, 0.25) is 5.91 Å². The number of hydrogen-bond acceptors (Lipinski definition) is 4. The fraction of sp³-hybridized carbons (Fsp3) is 0.450. The number of carbonyl (C=O) groups excluding carboxylic acids is 1. The van der Waals surface area contributed by atoms with Crippen molar-refractivity contribution in [3.05, 3.63) is 46.5 Å². The minimum atomic E-state index is 0.0201. The molecule has 6 nitrogen and oxygen atoms in total. The van der Waals surface area contributed by atoms with E-state index in [2.05, 4.69) is 10.2 Å². The Morgan fingerprint density at radius 2 is 2.26 bits per heavy atom. The van der Waals surface area contributed by atoms with E-state index < -0.39 is 0 Å². The molecule has 1 saturated heterocycles. The average molecular weight is 387 g/mol. The molecular formula is C20H26N4O2S. The van der Waals surface area contributed by atoms with Crippen molar-refractivity contribution in [3.63, 3.8) is 0 Å². The van der Waals surface area contributed by atoms with Gasteiger partial charge in [-0.2, -0.15) is 5.10 Å². The number of nitrogens with one attached hydrogen (secondary N) is 1. The second-order valence-electron chi connectivity index (χ2n) is 7.14. The van der Waals surface area contributed by atoms with Crippen LogP contribution in [0.1, 0.15) is 44.0 Å². The highest BCUT2D eigenvalue weighted by atomic mass is 32.1. The highest BCUT2D eigenvalue weighted by Gasteiger charge is 2.26. The lowest BCUT2D eigenvalue weighted by Crippen LogP contribution is -2.38. The Hall–Kier alpha value is -2.41. The summed E-state index contributed by atoms with van der Waals surface area (Å²) in [5.74, 6) is 1.95. The predicted octanol–water partition coefficient (Wildman–Crippen LogP) is 3.68. The first-order valence-electron chi connectivity index (χ1n) is 9.29. The van der Waals surface area contributed by atoms with Gasteiger partial charge in [0.1, 0.15) is 11.6 Å². The summed E-state index contributed by atoms with van der Waals surface area (Å²) >= 11 is 5.20. The lowest BCUT2D eigenvalue weighted by Gasteiger charge is -2.31. The molecule has 27 heavy (non-hydrogen) atoms. The Morgan fingerprint density at radius 1 is 1.44 bits per heavy atom. The molecule has 1 N–H and O–H groups in total. The lowest BCUT2D eigenvalue weighted by molar-refractivity contribution is -0.127. The molecule has 0 spiro atoms. The topological polar surface area (TPSA) is 63.1 Å². The summed E-state index contributed by atoms with van der Waals surface area (Å²) in [5.41, 5.74) is 0.949. The molecule has 1 aromatic carbocycles. The van der Waals surface area contributed by atoms with Gasteiger partial charge >= 0.3 is 0 Å². The van der Waals surface area contributed by atoms with Crippen LogP contribution in [0.4, 0.5) is 0 Å². The number of nitrogens with zero attached hydrogens (tertiary/aromatic N) is 3. The lowest BCUT2D eigenvalue weighted by atomic mass is 9.97. The molecule has 1 aliphatic heterocycles. The average Bonchev–Trinajstić information content (AvgIpc) is 2.98. The van der Waals surface area contributed by atoms with Gasteiger partial charge in [0, 0.05) is 32.1 Å². The third-order valence-corrected chi connectivity index (χ3v) is 5.03. The summed E-state index contributed by atoms with van der Waals surface area (Å²) in [6.07, 6.45) is 5.57. The molecule has 7 heteroatoms. The molecule has 0 aliphatic carbocycles. The van der Waals surface area contributed by atoms with Gasteiger partial charge in [-0.3, -0.25) is 9.89 Å². The standard InChI is InChI=1S/C20H26N4O2S/c1-14(2)26-17-8-4-6-15(12-17)9-10-18(25)24-11-5-7-16(13-24)19-21-22-20(27)23(19)3/h4,6,8-10,12,14,16H,5,7,11,13H2,1-3H3,(H,22,27)/b10-9+. The van der Waals surface area contributed by atoms with Crippen molar-refractivity contribution in [2.75, 3.05) is 13.1 Å². The van der Waals surface area contributed by atoms with Crippen LogP contribution in [0.5, 0.6) is 5.75 Å². The Balaban J connectivity index is 1.66. The Labute approximate surface area is 164 Å². The molecule has 1 unspecified atom stereocenters. The highest BCUT2D eigenvalue weighted by molar-refractivity contribution is 7.71. The smallest absolute Gasteiger partial charge is 0.246 e. The van der Waals surface area contributed by atoms with E-state index in [9.17, 15) is 4.79 Å². The van der Waals surface area contributed by atoms with Crippen LogP contribution in [0.2, 0.25) is 0 Å². The first-order chi connectivity index (χ1) is 12.9. The van der Waals surface area contributed by atoms with Crippen LogP contribution >= 0.6 is 12.2 Å². The van der Waals surface area contributed by atoms with E-state index in [1.807, 2.05) is 60.7 Å². The number of H-pyrrole nitrogens is 1. The summed E-state index contributed by atoms with van der Waals surface area (Å²) < 4.78 is 8.21. The van der Waals surface area contributed by atoms with E-state index in [1.54, 1.807) is 6.08 Å². The van der Waals surface area contributed by atoms with Crippen molar-refractivity contribution < 1.29 is 9.53 Å². The fourth-order valence-electron chi connectivity index (χ4n) is 3.35. The van der Waals surface area contributed by atoms with Gasteiger partial charge in [0.05, 0.1) is 6.10 Å². The van der Waals surface area contributed by atoms with Gasteiger partial charge in [-0.15, -0.1) is 0 Å². The number of piperidine rings is 1. The molecule has 0 radical (unpaired) electrons. The number of aromatic nitrogens is 3. The Bertz CT molecular complexity index is 884. The number of carbonyl (C=O) groups is 1. The van der Waals surface area contributed by atoms with Crippen LogP contribution in [-0.2, 0) is 11.8 Å². The fourth-order valence-corrected chi connectivity index (χ4v) is 3.49. The summed E-state index contributed by atoms with van der Waals surface area (Å²) in [7, 11) is 1.91. The number of aromatic amines is 1. The zero-order valence-electron chi connectivity index (χ0n) is 16.0. The second-order valence-corrected chi connectivity index (χ2v) is 7.53. The molecular weight excluding hydrogens is 360 g/mol. The monoisotopic (exact) mass is 386 g/mol. The number of ether oxygens (including phenoxy) is 1. The van der Waals surface area contributed by atoms with Gasteiger partial charge < -0.3 is 14.2 Å². The van der Waals surface area contributed by atoms with Gasteiger partial charge in [0.25, 0.3) is 0 Å². The number of amides is 1. The number of rotatable bonds is 5. The molecule has 1 aromatic heterocycles. The first-order valence-corrected chi connectivity index (χ1v) is 9.70. The van der Waals surface area contributed by atoms with Gasteiger partial charge in [-0.25, -0.2) is 0 Å². The van der Waals surface area contributed by atoms with Crippen LogP contribution in [0.3, 0.4) is 0 Å². The Morgan fingerprint density at radius 3 is 2.96 bits per heavy atom. The minimum absolute atomic E-state index is 0.0201. The zero-order valence-corrected chi connectivity index (χ0v) is 16.8. The van der Waals surface area contributed by atoms with Crippen LogP contribution in [0, 0.1) is 4.77 Å². The Kier molecular flexibility index (Phi) is 6.11.